The topological polar surface area (TPSA) is 46.5 Å². The molecule has 1 aromatic rings. The predicted octanol–water partition coefficient (Wildman–Crippen LogP) is 3.86. The van der Waals surface area contributed by atoms with Gasteiger partial charge in [-0.3, -0.25) is 4.79 Å². The molecule has 0 radical (unpaired) electrons. The van der Waals surface area contributed by atoms with Crippen LogP contribution in [0.3, 0.4) is 0 Å². The summed E-state index contributed by atoms with van der Waals surface area (Å²) >= 11 is 0. The number of rotatable bonds is 7. The largest absolute Gasteiger partial charge is 0.493 e. The van der Waals surface area contributed by atoms with Crippen LogP contribution in [0, 0.1) is 5.92 Å². The molecule has 0 spiro atoms. The first-order chi connectivity index (χ1) is 8.90. The van der Waals surface area contributed by atoms with E-state index in [-0.39, 0.29) is 6.42 Å². The number of hydrogen-bond acceptors (Lipinski definition) is 2. The molecule has 1 aromatic carbocycles. The maximum Gasteiger partial charge on any atom is 0.303 e. The Hall–Kier alpha value is -1.51. The molecule has 0 saturated carbocycles. The van der Waals surface area contributed by atoms with Gasteiger partial charge in [-0.15, -0.1) is 0 Å². The molecule has 3 nitrogen and oxygen atoms in total. The lowest BCUT2D eigenvalue weighted by molar-refractivity contribution is -0.136. The Labute approximate surface area is 115 Å². The number of carbonyl (C=O) groups is 1. The number of carboxylic acids is 1. The van der Waals surface area contributed by atoms with Crippen molar-refractivity contribution in [2.24, 2.45) is 5.92 Å². The molecule has 0 amide bonds. The van der Waals surface area contributed by atoms with E-state index in [1.807, 2.05) is 12.1 Å². The highest BCUT2D eigenvalue weighted by molar-refractivity contribution is 5.67. The highest BCUT2D eigenvalue weighted by Crippen LogP contribution is 2.28. The third kappa shape index (κ3) is 5.33. The Morgan fingerprint density at radius 3 is 2.47 bits per heavy atom. The molecule has 0 aliphatic carbocycles. The lowest BCUT2D eigenvalue weighted by Gasteiger charge is -2.16. The number of hydrogen-bond donors (Lipinski definition) is 1. The Balaban J connectivity index is 2.84. The van der Waals surface area contributed by atoms with Gasteiger partial charge >= 0.3 is 5.97 Å². The zero-order valence-electron chi connectivity index (χ0n) is 12.3. The molecule has 1 N–H and O–H groups in total. The number of benzene rings is 1. The molecule has 0 bridgehead atoms. The lowest BCUT2D eigenvalue weighted by atomic mass is 9.98. The molecule has 0 unspecified atom stereocenters. The van der Waals surface area contributed by atoms with Crippen LogP contribution in [0.5, 0.6) is 5.75 Å². The van der Waals surface area contributed by atoms with Gasteiger partial charge in [-0.25, -0.2) is 0 Å². The van der Waals surface area contributed by atoms with Crippen molar-refractivity contribution in [3.05, 3.63) is 29.3 Å². The molecule has 0 aliphatic rings. The zero-order valence-corrected chi connectivity index (χ0v) is 12.3. The summed E-state index contributed by atoms with van der Waals surface area (Å²) in [5.41, 5.74) is 2.21. The molecule has 0 fully saturated rings. The van der Waals surface area contributed by atoms with Gasteiger partial charge in [-0.1, -0.05) is 39.8 Å². The van der Waals surface area contributed by atoms with Crippen LogP contribution in [0.2, 0.25) is 0 Å². The number of carboxylic acid groups (broad SMARTS) is 1. The van der Waals surface area contributed by atoms with Crippen molar-refractivity contribution < 1.29 is 14.6 Å². The van der Waals surface area contributed by atoms with Gasteiger partial charge in [0, 0.05) is 6.42 Å². The van der Waals surface area contributed by atoms with Crippen LogP contribution in [0.25, 0.3) is 0 Å². The Morgan fingerprint density at radius 2 is 1.95 bits per heavy atom. The Morgan fingerprint density at radius 1 is 1.26 bits per heavy atom. The predicted molar refractivity (Wildman–Crippen MR) is 76.8 cm³/mol. The van der Waals surface area contributed by atoms with Gasteiger partial charge < -0.3 is 9.84 Å². The third-order valence-electron chi connectivity index (χ3n) is 2.90. The number of ether oxygens (including phenoxy) is 1. The van der Waals surface area contributed by atoms with Crippen molar-refractivity contribution in [2.75, 3.05) is 6.61 Å². The van der Waals surface area contributed by atoms with Crippen LogP contribution in [0.1, 0.15) is 51.2 Å². The summed E-state index contributed by atoms with van der Waals surface area (Å²) in [4.78, 5) is 10.6. The monoisotopic (exact) mass is 264 g/mol. The van der Waals surface area contributed by atoms with Crippen LogP contribution in [0.15, 0.2) is 18.2 Å². The summed E-state index contributed by atoms with van der Waals surface area (Å²) in [6.45, 7) is 9.19. The van der Waals surface area contributed by atoms with Crippen molar-refractivity contribution in [3.8, 4) is 5.75 Å². The minimum Gasteiger partial charge on any atom is -0.493 e. The molecule has 0 aliphatic heterocycles. The van der Waals surface area contributed by atoms with Crippen LogP contribution in [-0.4, -0.2) is 17.7 Å². The molecule has 1 rings (SSSR count). The molecule has 106 valence electrons. The molecule has 0 aromatic heterocycles. The normalized spacial score (nSPS) is 11.1. The van der Waals surface area contributed by atoms with Crippen LogP contribution < -0.4 is 4.74 Å². The molecular formula is C16H24O3. The summed E-state index contributed by atoms with van der Waals surface area (Å²) in [6, 6.07) is 6.00. The van der Waals surface area contributed by atoms with Crippen LogP contribution in [0.4, 0.5) is 0 Å². The fraction of sp³-hybridized carbons (Fsp3) is 0.562. The van der Waals surface area contributed by atoms with Crippen molar-refractivity contribution in [2.45, 2.75) is 46.5 Å². The van der Waals surface area contributed by atoms with Gasteiger partial charge in [0.2, 0.25) is 0 Å². The maximum atomic E-state index is 10.6. The van der Waals surface area contributed by atoms with Crippen molar-refractivity contribution >= 4 is 5.97 Å². The second-order valence-corrected chi connectivity index (χ2v) is 5.63. The second-order valence-electron chi connectivity index (χ2n) is 5.63. The van der Waals surface area contributed by atoms with E-state index in [1.165, 1.54) is 0 Å². The van der Waals surface area contributed by atoms with Gasteiger partial charge in [-0.05, 0) is 35.4 Å². The van der Waals surface area contributed by atoms with E-state index < -0.39 is 5.97 Å². The van der Waals surface area contributed by atoms with E-state index in [9.17, 15) is 4.79 Å². The molecule has 0 saturated heterocycles. The maximum absolute atomic E-state index is 10.6. The molecule has 0 heterocycles. The fourth-order valence-electron chi connectivity index (χ4n) is 1.84. The lowest BCUT2D eigenvalue weighted by Crippen LogP contribution is -2.07. The van der Waals surface area contributed by atoms with Crippen LogP contribution >= 0.6 is 0 Å². The Kier molecular flexibility index (Phi) is 5.87. The summed E-state index contributed by atoms with van der Waals surface area (Å²) < 4.78 is 5.82. The minimum atomic E-state index is -0.758. The van der Waals surface area contributed by atoms with Crippen LogP contribution in [-0.2, 0) is 11.2 Å². The average molecular weight is 264 g/mol. The first kappa shape index (κ1) is 15.5. The smallest absolute Gasteiger partial charge is 0.303 e. The van der Waals surface area contributed by atoms with E-state index >= 15 is 0 Å². The van der Waals surface area contributed by atoms with Gasteiger partial charge in [0.05, 0.1) is 6.61 Å². The summed E-state index contributed by atoms with van der Waals surface area (Å²) in [7, 11) is 0. The van der Waals surface area contributed by atoms with Gasteiger partial charge in [0.1, 0.15) is 5.75 Å². The minimum absolute atomic E-state index is 0.170. The first-order valence-electron chi connectivity index (χ1n) is 6.87. The summed E-state index contributed by atoms with van der Waals surface area (Å²) in [5.74, 6) is 1.02. The fourth-order valence-corrected chi connectivity index (χ4v) is 1.84. The highest BCUT2D eigenvalue weighted by Gasteiger charge is 2.10. The van der Waals surface area contributed by atoms with E-state index in [2.05, 4.69) is 33.8 Å². The third-order valence-corrected chi connectivity index (χ3v) is 2.90. The average Bonchev–Trinajstić information content (AvgIpc) is 2.33. The first-order valence-corrected chi connectivity index (χ1v) is 6.87. The second kappa shape index (κ2) is 7.17. The number of aliphatic carboxylic acids is 1. The van der Waals surface area contributed by atoms with E-state index in [1.54, 1.807) is 0 Å². The molecule has 3 heteroatoms. The SMILES string of the molecule is CC(C)COc1ccc(CCC(=O)O)cc1C(C)C. The quantitative estimate of drug-likeness (QED) is 0.813. The highest BCUT2D eigenvalue weighted by atomic mass is 16.5. The van der Waals surface area contributed by atoms with Crippen molar-refractivity contribution in [1.29, 1.82) is 0 Å². The summed E-state index contributed by atoms with van der Waals surface area (Å²) in [5, 5.41) is 8.73. The molecule has 0 atom stereocenters. The van der Waals surface area contributed by atoms with E-state index in [0.717, 1.165) is 16.9 Å². The van der Waals surface area contributed by atoms with E-state index in [4.69, 9.17) is 9.84 Å². The standard InChI is InChI=1S/C16H24O3/c1-11(2)10-19-15-7-5-13(6-8-16(17)18)9-14(15)12(3)4/h5,7,9,11-12H,6,8,10H2,1-4H3,(H,17,18). The van der Waals surface area contributed by atoms with Crippen molar-refractivity contribution in [3.63, 3.8) is 0 Å². The summed E-state index contributed by atoms with van der Waals surface area (Å²) in [6.07, 6.45) is 0.739. The molecular weight excluding hydrogens is 240 g/mol. The molecule has 19 heavy (non-hydrogen) atoms. The van der Waals surface area contributed by atoms with Gasteiger partial charge in [0.25, 0.3) is 0 Å². The van der Waals surface area contributed by atoms with Crippen molar-refractivity contribution in [1.82, 2.24) is 0 Å². The van der Waals surface area contributed by atoms with E-state index in [0.29, 0.717) is 24.9 Å². The Bertz CT molecular complexity index is 422. The van der Waals surface area contributed by atoms with Gasteiger partial charge in [0.15, 0.2) is 0 Å². The van der Waals surface area contributed by atoms with Gasteiger partial charge in [-0.2, -0.15) is 0 Å². The zero-order chi connectivity index (χ0) is 14.4. The number of aryl methyl sites for hydroxylation is 1.